The van der Waals surface area contributed by atoms with Crippen LogP contribution in [-0.2, 0) is 13.6 Å². The normalized spacial score (nSPS) is 12.6. The molecule has 0 saturated carbocycles. The third-order valence-electron chi connectivity index (χ3n) is 3.03. The van der Waals surface area contributed by atoms with E-state index in [1.165, 1.54) is 11.7 Å². The molecule has 19 heavy (non-hydrogen) atoms. The average molecular weight is 263 g/mol. The molecule has 6 heteroatoms. The molecule has 2 rings (SSSR count). The lowest BCUT2D eigenvalue weighted by atomic mass is 10.2. The van der Waals surface area contributed by atoms with Gasteiger partial charge in [-0.25, -0.2) is 4.79 Å². The average Bonchev–Trinajstić information content (AvgIpc) is 2.40. The summed E-state index contributed by atoms with van der Waals surface area (Å²) in [4.78, 5) is 24.5. The summed E-state index contributed by atoms with van der Waals surface area (Å²) in [6.45, 7) is 1.94. The number of aryl methyl sites for hydroxylation is 1. The summed E-state index contributed by atoms with van der Waals surface area (Å²) < 4.78 is 7.71. The molecule has 1 unspecified atom stereocenters. The smallest absolute Gasteiger partial charge is 0.331 e. The van der Waals surface area contributed by atoms with Crippen molar-refractivity contribution in [3.63, 3.8) is 0 Å². The molecule has 1 atom stereocenters. The molecule has 0 amide bonds. The maximum Gasteiger partial charge on any atom is 0.331 e. The molecule has 0 fully saturated rings. The molecular weight excluding hydrogens is 246 g/mol. The third kappa shape index (κ3) is 2.26. The molecule has 1 aromatic carbocycles. The van der Waals surface area contributed by atoms with E-state index in [2.05, 4.69) is 0 Å². The van der Waals surface area contributed by atoms with Crippen LogP contribution in [0.5, 0.6) is 5.75 Å². The van der Waals surface area contributed by atoms with Gasteiger partial charge in [-0.05, 0) is 25.1 Å². The lowest BCUT2D eigenvalue weighted by molar-refractivity contribution is 0.415. The van der Waals surface area contributed by atoms with E-state index in [4.69, 9.17) is 10.5 Å². The van der Waals surface area contributed by atoms with Crippen molar-refractivity contribution in [2.75, 3.05) is 7.11 Å². The van der Waals surface area contributed by atoms with Crippen LogP contribution < -0.4 is 21.7 Å². The number of ether oxygens (including phenoxy) is 1. The number of aromatic nitrogens is 2. The number of nitrogens with zero attached hydrogens (tertiary/aromatic N) is 2. The molecule has 2 N–H and O–H groups in total. The zero-order valence-electron chi connectivity index (χ0n) is 11.2. The van der Waals surface area contributed by atoms with Crippen LogP contribution in [0.2, 0.25) is 0 Å². The fraction of sp³-hybridized carbons (Fsp3) is 0.385. The van der Waals surface area contributed by atoms with Gasteiger partial charge in [0.05, 0.1) is 18.0 Å². The summed E-state index contributed by atoms with van der Waals surface area (Å²) in [7, 11) is 3.16. The largest absolute Gasteiger partial charge is 0.497 e. The summed E-state index contributed by atoms with van der Waals surface area (Å²) in [5.41, 5.74) is 5.56. The van der Waals surface area contributed by atoms with Gasteiger partial charge >= 0.3 is 5.69 Å². The van der Waals surface area contributed by atoms with Crippen molar-refractivity contribution in [1.82, 2.24) is 9.13 Å². The molecule has 1 aromatic heterocycles. The highest BCUT2D eigenvalue weighted by Crippen LogP contribution is 2.16. The van der Waals surface area contributed by atoms with Crippen LogP contribution in [0.1, 0.15) is 6.92 Å². The van der Waals surface area contributed by atoms with Gasteiger partial charge in [-0.1, -0.05) is 0 Å². The maximum atomic E-state index is 12.3. The third-order valence-corrected chi connectivity index (χ3v) is 3.03. The molecule has 0 aliphatic rings. The van der Waals surface area contributed by atoms with E-state index in [1.54, 1.807) is 32.2 Å². The summed E-state index contributed by atoms with van der Waals surface area (Å²) >= 11 is 0. The van der Waals surface area contributed by atoms with Crippen molar-refractivity contribution < 1.29 is 4.74 Å². The van der Waals surface area contributed by atoms with Crippen LogP contribution in [0, 0.1) is 0 Å². The predicted molar refractivity (Wildman–Crippen MR) is 73.7 cm³/mol. The summed E-state index contributed by atoms with van der Waals surface area (Å²) in [5.74, 6) is 0.579. The van der Waals surface area contributed by atoms with Crippen LogP contribution in [-0.4, -0.2) is 22.3 Å². The maximum absolute atomic E-state index is 12.3. The summed E-state index contributed by atoms with van der Waals surface area (Å²) in [6.07, 6.45) is 0. The van der Waals surface area contributed by atoms with Gasteiger partial charge in [0, 0.05) is 19.6 Å². The molecule has 0 aliphatic carbocycles. The van der Waals surface area contributed by atoms with Crippen molar-refractivity contribution in [2.45, 2.75) is 19.5 Å². The van der Waals surface area contributed by atoms with Crippen LogP contribution in [0.15, 0.2) is 27.8 Å². The number of rotatable bonds is 3. The number of methoxy groups -OCH3 is 1. The lowest BCUT2D eigenvalue weighted by Crippen LogP contribution is -2.42. The van der Waals surface area contributed by atoms with Crippen LogP contribution >= 0.6 is 0 Å². The van der Waals surface area contributed by atoms with Gasteiger partial charge in [-0.3, -0.25) is 13.9 Å². The lowest BCUT2D eigenvalue weighted by Gasteiger charge is -2.12. The second-order valence-corrected chi connectivity index (χ2v) is 4.62. The van der Waals surface area contributed by atoms with E-state index < -0.39 is 0 Å². The quantitative estimate of drug-likeness (QED) is 0.849. The zero-order chi connectivity index (χ0) is 14.2. The van der Waals surface area contributed by atoms with Crippen LogP contribution in [0.4, 0.5) is 0 Å². The fourth-order valence-corrected chi connectivity index (χ4v) is 2.07. The SMILES string of the molecule is COc1ccc2c(c1)c(=O)n(CC(C)N)c(=O)n2C. The minimum Gasteiger partial charge on any atom is -0.497 e. The predicted octanol–water partition coefficient (Wildman–Crippen LogP) is 0.0560. The number of benzene rings is 1. The molecule has 0 saturated heterocycles. The van der Waals surface area contributed by atoms with E-state index in [-0.39, 0.29) is 23.8 Å². The second kappa shape index (κ2) is 4.89. The monoisotopic (exact) mass is 263 g/mol. The topological polar surface area (TPSA) is 79.2 Å². The molecule has 102 valence electrons. The Morgan fingerprint density at radius 3 is 2.63 bits per heavy atom. The Bertz CT molecular complexity index is 728. The fourth-order valence-electron chi connectivity index (χ4n) is 2.07. The van der Waals surface area contributed by atoms with E-state index in [0.717, 1.165) is 4.57 Å². The second-order valence-electron chi connectivity index (χ2n) is 4.62. The first-order valence-electron chi connectivity index (χ1n) is 5.99. The zero-order valence-corrected chi connectivity index (χ0v) is 11.2. The van der Waals surface area contributed by atoms with Gasteiger partial charge < -0.3 is 10.5 Å². The van der Waals surface area contributed by atoms with Gasteiger partial charge in [0.1, 0.15) is 5.75 Å². The van der Waals surface area contributed by atoms with Crippen molar-refractivity contribution in [3.8, 4) is 5.75 Å². The number of fused-ring (bicyclic) bond motifs is 1. The first-order chi connectivity index (χ1) is 8.95. The number of hydrogen-bond donors (Lipinski definition) is 1. The van der Waals surface area contributed by atoms with Gasteiger partial charge in [0.2, 0.25) is 0 Å². The van der Waals surface area contributed by atoms with Crippen LogP contribution in [0.25, 0.3) is 10.9 Å². The Morgan fingerprint density at radius 2 is 2.05 bits per heavy atom. The highest BCUT2D eigenvalue weighted by Gasteiger charge is 2.12. The van der Waals surface area contributed by atoms with Crippen molar-refractivity contribution in [3.05, 3.63) is 39.0 Å². The minimum atomic E-state index is -0.361. The Morgan fingerprint density at radius 1 is 1.37 bits per heavy atom. The van der Waals surface area contributed by atoms with E-state index in [9.17, 15) is 9.59 Å². The van der Waals surface area contributed by atoms with Gasteiger partial charge in [-0.2, -0.15) is 0 Å². The molecule has 2 aromatic rings. The Hall–Kier alpha value is -2.08. The number of nitrogens with two attached hydrogens (primary N) is 1. The van der Waals surface area contributed by atoms with Crippen LogP contribution in [0.3, 0.4) is 0 Å². The molecular formula is C13H17N3O3. The summed E-state index contributed by atoms with van der Waals surface area (Å²) in [6, 6.07) is 4.78. The van der Waals surface area contributed by atoms with Crippen molar-refractivity contribution in [1.29, 1.82) is 0 Å². The van der Waals surface area contributed by atoms with Crippen molar-refractivity contribution >= 4 is 10.9 Å². The van der Waals surface area contributed by atoms with Gasteiger partial charge in [0.25, 0.3) is 5.56 Å². The highest BCUT2D eigenvalue weighted by atomic mass is 16.5. The Balaban J connectivity index is 2.85. The van der Waals surface area contributed by atoms with E-state index >= 15 is 0 Å². The first-order valence-corrected chi connectivity index (χ1v) is 5.99. The molecule has 0 bridgehead atoms. The Labute approximate surface area is 110 Å². The summed E-state index contributed by atoms with van der Waals surface area (Å²) in [5, 5.41) is 0.446. The minimum absolute atomic E-state index is 0.193. The molecule has 0 spiro atoms. The standard InChI is InChI=1S/C13H17N3O3/c1-8(14)7-16-12(17)10-6-9(19-3)4-5-11(10)15(2)13(16)18/h4-6,8H,7,14H2,1-3H3. The molecule has 0 radical (unpaired) electrons. The highest BCUT2D eigenvalue weighted by molar-refractivity contribution is 5.79. The molecule has 0 aliphatic heterocycles. The first kappa shape index (κ1) is 13.4. The molecule has 1 heterocycles. The Kier molecular flexibility index (Phi) is 3.44. The number of hydrogen-bond acceptors (Lipinski definition) is 4. The molecule has 6 nitrogen and oxygen atoms in total. The van der Waals surface area contributed by atoms with Gasteiger partial charge in [0.15, 0.2) is 0 Å². The van der Waals surface area contributed by atoms with E-state index in [1.807, 2.05) is 0 Å². The van der Waals surface area contributed by atoms with E-state index in [0.29, 0.717) is 16.7 Å². The van der Waals surface area contributed by atoms with Crippen molar-refractivity contribution in [2.24, 2.45) is 12.8 Å². The van der Waals surface area contributed by atoms with Gasteiger partial charge in [-0.15, -0.1) is 0 Å².